The minimum Gasteiger partial charge on any atom is -0.448 e. The average molecular weight is 481 g/mol. The van der Waals surface area contributed by atoms with Gasteiger partial charge in [0.15, 0.2) is 0 Å². The van der Waals surface area contributed by atoms with E-state index in [1.807, 2.05) is 48.5 Å². The van der Waals surface area contributed by atoms with Gasteiger partial charge in [0.05, 0.1) is 0 Å². The van der Waals surface area contributed by atoms with E-state index in [9.17, 15) is 36.2 Å². The number of alkyl halides is 6. The van der Waals surface area contributed by atoms with Crippen molar-refractivity contribution in [3.8, 4) is 11.1 Å². The van der Waals surface area contributed by atoms with Gasteiger partial charge in [-0.3, -0.25) is 5.32 Å². The molecule has 0 aliphatic heterocycles. The van der Waals surface area contributed by atoms with Gasteiger partial charge in [0.2, 0.25) is 0 Å². The SMILES string of the molecule is O=C(Nc1ccc(C(O)(C(F)(F)F)C(F)(F)F)cc1)OCC1c2ccccc2-c2ccccc21. The lowest BCUT2D eigenvalue weighted by atomic mass is 9.92. The highest BCUT2D eigenvalue weighted by molar-refractivity contribution is 5.85. The van der Waals surface area contributed by atoms with Gasteiger partial charge in [0.1, 0.15) is 6.61 Å². The number of benzene rings is 3. The number of hydrogen-bond donors (Lipinski definition) is 2. The number of carbonyl (C=O) groups excluding carboxylic acids is 1. The van der Waals surface area contributed by atoms with Gasteiger partial charge in [-0.25, -0.2) is 4.79 Å². The van der Waals surface area contributed by atoms with Gasteiger partial charge in [-0.05, 0) is 34.4 Å². The molecule has 34 heavy (non-hydrogen) atoms. The van der Waals surface area contributed by atoms with Crippen molar-refractivity contribution in [2.24, 2.45) is 0 Å². The number of halogens is 6. The van der Waals surface area contributed by atoms with Gasteiger partial charge in [-0.2, -0.15) is 26.3 Å². The van der Waals surface area contributed by atoms with Crippen molar-refractivity contribution in [2.45, 2.75) is 23.9 Å². The van der Waals surface area contributed by atoms with Crippen LogP contribution >= 0.6 is 0 Å². The van der Waals surface area contributed by atoms with Crippen molar-refractivity contribution in [3.05, 3.63) is 89.5 Å². The lowest BCUT2D eigenvalue weighted by molar-refractivity contribution is -0.376. The number of fused-ring (bicyclic) bond motifs is 3. The maximum absolute atomic E-state index is 13.0. The number of ether oxygens (including phenoxy) is 1. The molecule has 2 N–H and O–H groups in total. The molecule has 4 rings (SSSR count). The number of nitrogens with one attached hydrogen (secondary N) is 1. The molecule has 0 heterocycles. The van der Waals surface area contributed by atoms with E-state index in [1.165, 1.54) is 0 Å². The second kappa shape index (κ2) is 8.35. The average Bonchev–Trinajstić information content (AvgIpc) is 3.10. The molecular formula is C24H17F6NO3. The third-order valence-corrected chi connectivity index (χ3v) is 5.71. The normalized spacial score (nSPS) is 13.9. The quantitative estimate of drug-likeness (QED) is 0.427. The van der Waals surface area contributed by atoms with Crippen LogP contribution in [0.5, 0.6) is 0 Å². The third-order valence-electron chi connectivity index (χ3n) is 5.71. The molecule has 178 valence electrons. The number of carbonyl (C=O) groups is 1. The largest absolute Gasteiger partial charge is 0.448 e. The Hall–Kier alpha value is -3.53. The van der Waals surface area contributed by atoms with Crippen LogP contribution in [0.2, 0.25) is 0 Å². The second-order valence-electron chi connectivity index (χ2n) is 7.73. The van der Waals surface area contributed by atoms with Crippen LogP contribution in [0.4, 0.5) is 36.8 Å². The summed E-state index contributed by atoms with van der Waals surface area (Å²) >= 11 is 0. The van der Waals surface area contributed by atoms with Gasteiger partial charge in [-0.1, -0.05) is 60.7 Å². The van der Waals surface area contributed by atoms with Crippen LogP contribution in [-0.2, 0) is 10.3 Å². The monoisotopic (exact) mass is 481 g/mol. The van der Waals surface area contributed by atoms with Crippen LogP contribution in [0.1, 0.15) is 22.6 Å². The molecule has 0 fully saturated rings. The number of hydrogen-bond acceptors (Lipinski definition) is 3. The Morgan fingerprint density at radius 2 is 1.26 bits per heavy atom. The molecule has 1 amide bonds. The van der Waals surface area contributed by atoms with Gasteiger partial charge >= 0.3 is 18.4 Å². The molecule has 0 aromatic heterocycles. The van der Waals surface area contributed by atoms with E-state index >= 15 is 0 Å². The summed E-state index contributed by atoms with van der Waals surface area (Å²) in [5.41, 5.74) is -2.59. The molecule has 0 saturated carbocycles. The number of anilines is 1. The van der Waals surface area contributed by atoms with Crippen LogP contribution in [0.3, 0.4) is 0 Å². The van der Waals surface area contributed by atoms with Crippen LogP contribution < -0.4 is 5.32 Å². The predicted octanol–water partition coefficient (Wildman–Crippen LogP) is 6.36. The summed E-state index contributed by atoms with van der Waals surface area (Å²) in [4.78, 5) is 12.3. The fourth-order valence-electron chi connectivity index (χ4n) is 4.04. The Balaban J connectivity index is 1.46. The van der Waals surface area contributed by atoms with Crippen molar-refractivity contribution in [2.75, 3.05) is 11.9 Å². The van der Waals surface area contributed by atoms with Gasteiger partial charge in [0.25, 0.3) is 5.60 Å². The van der Waals surface area contributed by atoms with E-state index < -0.39 is 29.6 Å². The van der Waals surface area contributed by atoms with E-state index in [0.29, 0.717) is 12.1 Å². The molecule has 10 heteroatoms. The van der Waals surface area contributed by atoms with E-state index in [2.05, 4.69) is 5.32 Å². The van der Waals surface area contributed by atoms with E-state index in [-0.39, 0.29) is 18.2 Å². The fourth-order valence-corrected chi connectivity index (χ4v) is 4.04. The summed E-state index contributed by atoms with van der Waals surface area (Å²) in [6.07, 6.45) is -12.9. The summed E-state index contributed by atoms with van der Waals surface area (Å²) in [5.74, 6) is -0.228. The molecule has 3 aromatic rings. The van der Waals surface area contributed by atoms with Crippen LogP contribution in [-0.4, -0.2) is 30.2 Å². The zero-order chi connectivity index (χ0) is 24.7. The first-order chi connectivity index (χ1) is 15.9. The van der Waals surface area contributed by atoms with Gasteiger partial charge < -0.3 is 9.84 Å². The number of aliphatic hydroxyl groups is 1. The van der Waals surface area contributed by atoms with E-state index in [0.717, 1.165) is 34.4 Å². The summed E-state index contributed by atoms with van der Waals surface area (Å²) in [6, 6.07) is 17.8. The van der Waals surface area contributed by atoms with Crippen LogP contribution in [0.25, 0.3) is 11.1 Å². The van der Waals surface area contributed by atoms with E-state index in [4.69, 9.17) is 4.74 Å². The molecular weight excluding hydrogens is 464 g/mol. The molecule has 0 saturated heterocycles. The minimum atomic E-state index is -5.99. The van der Waals surface area contributed by atoms with Crippen LogP contribution in [0, 0.1) is 0 Å². The molecule has 0 radical (unpaired) electrons. The van der Waals surface area contributed by atoms with Crippen molar-refractivity contribution >= 4 is 11.8 Å². The zero-order valence-corrected chi connectivity index (χ0v) is 17.2. The predicted molar refractivity (Wildman–Crippen MR) is 111 cm³/mol. The van der Waals surface area contributed by atoms with Crippen molar-refractivity contribution in [1.29, 1.82) is 0 Å². The number of rotatable bonds is 4. The molecule has 0 unspecified atom stereocenters. The lowest BCUT2D eigenvalue weighted by Gasteiger charge is -2.32. The maximum atomic E-state index is 13.0. The van der Waals surface area contributed by atoms with Crippen molar-refractivity contribution in [1.82, 2.24) is 0 Å². The van der Waals surface area contributed by atoms with Gasteiger partial charge in [0, 0.05) is 17.2 Å². The molecule has 3 aromatic carbocycles. The second-order valence-corrected chi connectivity index (χ2v) is 7.73. The highest BCUT2D eigenvalue weighted by Crippen LogP contribution is 2.50. The smallest absolute Gasteiger partial charge is 0.430 e. The fraction of sp³-hybridized carbons (Fsp3) is 0.208. The summed E-state index contributed by atoms with van der Waals surface area (Å²) in [6.45, 7) is -0.0279. The Morgan fingerprint density at radius 1 is 0.794 bits per heavy atom. The highest BCUT2D eigenvalue weighted by Gasteiger charge is 2.71. The lowest BCUT2D eigenvalue weighted by Crippen LogP contribution is -2.53. The van der Waals surface area contributed by atoms with E-state index in [1.54, 1.807) is 0 Å². The maximum Gasteiger partial charge on any atom is 0.430 e. The first-order valence-corrected chi connectivity index (χ1v) is 10.0. The number of amides is 1. The molecule has 0 bridgehead atoms. The van der Waals surface area contributed by atoms with Crippen molar-refractivity contribution in [3.63, 3.8) is 0 Å². The topological polar surface area (TPSA) is 58.6 Å². The molecule has 1 aliphatic carbocycles. The summed E-state index contributed by atoms with van der Waals surface area (Å²) < 4.78 is 83.3. The van der Waals surface area contributed by atoms with Gasteiger partial charge in [-0.15, -0.1) is 0 Å². The first-order valence-electron chi connectivity index (χ1n) is 10.0. The molecule has 1 aliphatic rings. The summed E-state index contributed by atoms with van der Waals surface area (Å²) in [7, 11) is 0. The Labute approximate surface area is 189 Å². The van der Waals surface area contributed by atoms with Crippen molar-refractivity contribution < 1.29 is 41.0 Å². The minimum absolute atomic E-state index is 0.0279. The summed E-state index contributed by atoms with van der Waals surface area (Å²) in [5, 5.41) is 11.7. The molecule has 0 spiro atoms. The standard InChI is InChI=1S/C24H17F6NO3/c25-23(26,27)22(33,24(28,29)30)14-9-11-15(12-10-14)31-21(32)34-13-20-18-7-3-1-5-16(18)17-6-2-4-8-19(17)20/h1-12,20,33H,13H2,(H,31,32). The first kappa shape index (κ1) is 23.6. The van der Waals surface area contributed by atoms with Crippen LogP contribution in [0.15, 0.2) is 72.8 Å². The molecule has 0 atom stereocenters. The Kier molecular flexibility index (Phi) is 5.80. The zero-order valence-electron chi connectivity index (χ0n) is 17.2. The third kappa shape index (κ3) is 3.98. The Bertz CT molecular complexity index is 1140. The molecule has 4 nitrogen and oxygen atoms in total. The highest BCUT2D eigenvalue weighted by atomic mass is 19.4. The Morgan fingerprint density at radius 3 is 1.74 bits per heavy atom.